The first-order valence-electron chi connectivity index (χ1n) is 21.4. The number of ether oxygens (including phenoxy) is 3. The fourth-order valence-corrected chi connectivity index (χ4v) is 6.70. The van der Waals surface area contributed by atoms with Crippen molar-refractivity contribution in [2.45, 2.75) is 226 Å². The lowest BCUT2D eigenvalue weighted by Crippen LogP contribution is -2.44. The molecule has 0 radical (unpaired) electrons. The zero-order valence-electron chi connectivity index (χ0n) is 34.8. The van der Waals surface area contributed by atoms with Gasteiger partial charge in [0.2, 0.25) is 11.8 Å². The summed E-state index contributed by atoms with van der Waals surface area (Å²) in [6.45, 7) is 10.4. The van der Waals surface area contributed by atoms with Crippen molar-refractivity contribution >= 4 is 29.7 Å². The zero-order valence-corrected chi connectivity index (χ0v) is 34.8. The highest BCUT2D eigenvalue weighted by Crippen LogP contribution is 2.19. The maximum Gasteiger partial charge on any atom is 0.328 e. The highest BCUT2D eigenvalue weighted by atomic mass is 16.5. The second-order valence-electron chi connectivity index (χ2n) is 16.1. The lowest BCUT2D eigenvalue weighted by atomic mass is 10.0. The number of rotatable bonds is 36. The second kappa shape index (κ2) is 33.9. The van der Waals surface area contributed by atoms with Crippen LogP contribution in [0.3, 0.4) is 0 Å². The van der Waals surface area contributed by atoms with Crippen molar-refractivity contribution in [2.75, 3.05) is 7.11 Å². The molecular formula is C43H80N2O8. The molecule has 53 heavy (non-hydrogen) atoms. The molecule has 0 fully saturated rings. The van der Waals surface area contributed by atoms with E-state index in [2.05, 4.69) is 33.0 Å². The van der Waals surface area contributed by atoms with Crippen molar-refractivity contribution in [3.63, 3.8) is 0 Å². The van der Waals surface area contributed by atoms with Crippen LogP contribution < -0.4 is 11.1 Å². The largest absolute Gasteiger partial charge is 0.469 e. The number of hydrogen-bond acceptors (Lipinski definition) is 8. The summed E-state index contributed by atoms with van der Waals surface area (Å²) < 4.78 is 16.0. The van der Waals surface area contributed by atoms with Crippen molar-refractivity contribution in [1.29, 1.82) is 0 Å². The van der Waals surface area contributed by atoms with E-state index in [1.165, 1.54) is 97.5 Å². The fourth-order valence-electron chi connectivity index (χ4n) is 6.70. The summed E-state index contributed by atoms with van der Waals surface area (Å²) in [6, 6.07) is -1.04. The maximum atomic E-state index is 13.4. The van der Waals surface area contributed by atoms with Crippen molar-refractivity contribution in [3.05, 3.63) is 0 Å². The van der Waals surface area contributed by atoms with Crippen molar-refractivity contribution in [3.8, 4) is 0 Å². The van der Waals surface area contributed by atoms with Gasteiger partial charge >= 0.3 is 17.9 Å². The molecule has 3 N–H and O–H groups in total. The molecule has 0 aromatic heterocycles. The smallest absolute Gasteiger partial charge is 0.328 e. The van der Waals surface area contributed by atoms with Crippen LogP contribution in [0.5, 0.6) is 0 Å². The van der Waals surface area contributed by atoms with Crippen LogP contribution in [0.1, 0.15) is 208 Å². The summed E-state index contributed by atoms with van der Waals surface area (Å²) in [7, 11) is 1.30. The van der Waals surface area contributed by atoms with Gasteiger partial charge in [0.25, 0.3) is 0 Å². The Hall–Kier alpha value is -2.65. The predicted octanol–water partition coefficient (Wildman–Crippen LogP) is 9.82. The van der Waals surface area contributed by atoms with Crippen LogP contribution >= 0.6 is 0 Å². The molecule has 0 aliphatic carbocycles. The third-order valence-corrected chi connectivity index (χ3v) is 9.79. The van der Waals surface area contributed by atoms with E-state index in [-0.39, 0.29) is 32.1 Å². The number of carbonyl (C=O) groups is 5. The van der Waals surface area contributed by atoms with E-state index in [4.69, 9.17) is 19.9 Å². The number of methoxy groups -OCH3 is 1. The zero-order chi connectivity index (χ0) is 39.7. The van der Waals surface area contributed by atoms with Gasteiger partial charge in [0.1, 0.15) is 18.2 Å². The van der Waals surface area contributed by atoms with Crippen LogP contribution in [0.15, 0.2) is 0 Å². The molecule has 2 amide bonds. The Bertz CT molecular complexity index is 970. The number of hydrogen-bond donors (Lipinski definition) is 2. The van der Waals surface area contributed by atoms with Crippen LogP contribution in [0.25, 0.3) is 0 Å². The molecule has 0 aliphatic rings. The van der Waals surface area contributed by atoms with Crippen LogP contribution in [-0.2, 0) is 38.2 Å². The maximum absolute atomic E-state index is 13.4. The molecule has 10 nitrogen and oxygen atoms in total. The number of carbonyl (C=O) groups excluding carboxylic acids is 5. The predicted molar refractivity (Wildman–Crippen MR) is 213 cm³/mol. The highest BCUT2D eigenvalue weighted by Gasteiger charge is 2.28. The minimum atomic E-state index is -1.04. The van der Waals surface area contributed by atoms with Crippen molar-refractivity contribution in [2.24, 2.45) is 17.6 Å². The number of esters is 3. The number of unbranched alkanes of at least 4 members (excludes halogenated alkanes) is 16. The van der Waals surface area contributed by atoms with E-state index in [0.717, 1.165) is 56.8 Å². The number of nitrogens with two attached hydrogens (primary N) is 1. The van der Waals surface area contributed by atoms with Gasteiger partial charge in [0.15, 0.2) is 0 Å². The summed E-state index contributed by atoms with van der Waals surface area (Å²) in [6.07, 6.45) is 23.5. The minimum Gasteiger partial charge on any atom is -0.469 e. The fraction of sp³-hybridized carbons (Fsp3) is 0.884. The van der Waals surface area contributed by atoms with Gasteiger partial charge in [0.05, 0.1) is 20.0 Å². The van der Waals surface area contributed by atoms with Crippen molar-refractivity contribution in [1.82, 2.24) is 5.32 Å². The first-order chi connectivity index (χ1) is 25.3. The quantitative estimate of drug-likeness (QED) is 0.0365. The average Bonchev–Trinajstić information content (AvgIpc) is 3.07. The first-order valence-corrected chi connectivity index (χ1v) is 21.4. The molecule has 0 aromatic rings. The molecular weight excluding hydrogens is 672 g/mol. The summed E-state index contributed by atoms with van der Waals surface area (Å²) in [5.74, 6) is -1.01. The Labute approximate surface area is 323 Å². The molecule has 3 atom stereocenters. The van der Waals surface area contributed by atoms with Crippen LogP contribution in [0.2, 0.25) is 0 Å². The van der Waals surface area contributed by atoms with Gasteiger partial charge in [-0.05, 0) is 50.4 Å². The lowest BCUT2D eigenvalue weighted by molar-refractivity contribution is -0.156. The van der Waals surface area contributed by atoms with E-state index < -0.39 is 48.0 Å². The Balaban J connectivity index is 4.94. The molecule has 0 heterocycles. The van der Waals surface area contributed by atoms with E-state index in [1.54, 1.807) is 0 Å². The summed E-state index contributed by atoms with van der Waals surface area (Å²) in [5.41, 5.74) is 5.50. The lowest BCUT2D eigenvalue weighted by Gasteiger charge is -2.23. The second-order valence-corrected chi connectivity index (χ2v) is 16.1. The van der Waals surface area contributed by atoms with E-state index in [9.17, 15) is 24.0 Å². The van der Waals surface area contributed by atoms with E-state index >= 15 is 0 Å². The monoisotopic (exact) mass is 753 g/mol. The van der Waals surface area contributed by atoms with E-state index in [0.29, 0.717) is 12.8 Å². The van der Waals surface area contributed by atoms with Gasteiger partial charge in [-0.3, -0.25) is 19.2 Å². The van der Waals surface area contributed by atoms with Crippen LogP contribution in [-0.4, -0.2) is 55.1 Å². The molecule has 0 aromatic carbocycles. The normalized spacial score (nSPS) is 13.1. The van der Waals surface area contributed by atoms with Crippen LogP contribution in [0.4, 0.5) is 0 Å². The molecule has 0 rings (SSSR count). The SMILES string of the molecule is COC(=O)CCC[C@H](NC(=O)C[C@H](CCCCCCCCCCCC(C)C)OC(C)=O)C(=O)O[C@@H](CCCCCCCCCCCC(C)C)CC(N)=O. The number of amides is 2. The molecule has 0 saturated carbocycles. The van der Waals surface area contributed by atoms with Crippen LogP contribution in [0, 0.1) is 11.8 Å². The van der Waals surface area contributed by atoms with Gasteiger partial charge in [-0.15, -0.1) is 0 Å². The molecule has 0 aliphatic heterocycles. The molecule has 10 heteroatoms. The standard InChI is InChI=1S/C43H80N2O8/c1-34(2)26-21-17-13-9-7-11-15-19-23-28-37(32-40(44)47)53-43(50)39(30-25-31-42(49)51-6)45-41(48)33-38(52-36(5)46)29-24-20-16-12-8-10-14-18-22-27-35(3)4/h34-35,37-39H,7-33H2,1-6H3,(H2,44,47)(H,45,48)/t37-,38-,39-/m0/s1. The number of primary amides is 1. The summed E-state index contributed by atoms with van der Waals surface area (Å²) in [5, 5.41) is 2.76. The minimum absolute atomic E-state index is 0.0764. The average molecular weight is 753 g/mol. The number of nitrogens with one attached hydrogen (secondary N) is 1. The Kier molecular flexibility index (Phi) is 32.2. The first kappa shape index (κ1) is 50.4. The summed E-state index contributed by atoms with van der Waals surface area (Å²) >= 11 is 0. The molecule has 0 unspecified atom stereocenters. The Morgan fingerprint density at radius 3 is 1.30 bits per heavy atom. The molecule has 0 bridgehead atoms. The van der Waals surface area contributed by atoms with Gasteiger partial charge in [-0.25, -0.2) is 4.79 Å². The third kappa shape index (κ3) is 33.6. The Morgan fingerprint density at radius 1 is 0.528 bits per heavy atom. The van der Waals surface area contributed by atoms with Gasteiger partial charge in [0, 0.05) is 13.3 Å². The summed E-state index contributed by atoms with van der Waals surface area (Å²) in [4.78, 5) is 62.1. The van der Waals surface area contributed by atoms with E-state index in [1.807, 2.05) is 0 Å². The van der Waals surface area contributed by atoms with Gasteiger partial charge < -0.3 is 25.3 Å². The third-order valence-electron chi connectivity index (χ3n) is 9.79. The molecule has 0 saturated heterocycles. The van der Waals surface area contributed by atoms with Gasteiger partial charge in [-0.1, -0.05) is 143 Å². The Morgan fingerprint density at radius 2 is 0.925 bits per heavy atom. The molecule has 0 spiro atoms. The van der Waals surface area contributed by atoms with Crippen molar-refractivity contribution < 1.29 is 38.2 Å². The van der Waals surface area contributed by atoms with Gasteiger partial charge in [-0.2, -0.15) is 0 Å². The topological polar surface area (TPSA) is 151 Å². The highest BCUT2D eigenvalue weighted by molar-refractivity contribution is 5.85. The molecule has 310 valence electrons.